The van der Waals surface area contributed by atoms with Gasteiger partial charge in [-0.3, -0.25) is 9.69 Å². The van der Waals surface area contributed by atoms with E-state index < -0.39 is 0 Å². The molecule has 0 saturated carbocycles. The van der Waals surface area contributed by atoms with Gasteiger partial charge in [0.2, 0.25) is 0 Å². The molecule has 1 aliphatic heterocycles. The van der Waals surface area contributed by atoms with Crippen molar-refractivity contribution in [1.29, 1.82) is 0 Å². The number of hydrogen-bond donors (Lipinski definition) is 0. The highest BCUT2D eigenvalue weighted by molar-refractivity contribution is 5.78. The lowest BCUT2D eigenvalue weighted by molar-refractivity contribution is -0.136. The Hall–Kier alpha value is -2.44. The van der Waals surface area contributed by atoms with E-state index in [1.54, 1.807) is 12.1 Å². The maximum atomic E-state index is 13.3. The lowest BCUT2D eigenvalue weighted by atomic mass is 10.1. The predicted octanol–water partition coefficient (Wildman–Crippen LogP) is 2.95. The van der Waals surface area contributed by atoms with Gasteiger partial charge in [-0.1, -0.05) is 36.4 Å². The molecule has 1 amide bonds. The molecule has 1 aliphatic rings. The van der Waals surface area contributed by atoms with Gasteiger partial charge in [-0.15, -0.1) is 0 Å². The summed E-state index contributed by atoms with van der Waals surface area (Å²) >= 11 is 0. The summed E-state index contributed by atoms with van der Waals surface area (Å²) in [4.78, 5) is 17.1. The fraction of sp³-hybridized carbons (Fsp3) is 0.409. The van der Waals surface area contributed by atoms with E-state index in [4.69, 9.17) is 9.47 Å². The monoisotopic (exact) mass is 386 g/mol. The minimum absolute atomic E-state index is 0.0157. The van der Waals surface area contributed by atoms with Crippen LogP contribution in [0.3, 0.4) is 0 Å². The second-order valence-corrected chi connectivity index (χ2v) is 7.02. The van der Waals surface area contributed by atoms with E-state index in [2.05, 4.69) is 11.8 Å². The minimum Gasteiger partial charge on any atom is -0.484 e. The Morgan fingerprint density at radius 3 is 2.64 bits per heavy atom. The molecule has 0 aromatic heterocycles. The van der Waals surface area contributed by atoms with Gasteiger partial charge in [0.05, 0.1) is 13.2 Å². The molecule has 6 heteroatoms. The fourth-order valence-electron chi connectivity index (χ4n) is 3.31. The average Bonchev–Trinajstić information content (AvgIpc) is 2.72. The van der Waals surface area contributed by atoms with E-state index in [1.165, 1.54) is 12.1 Å². The Labute approximate surface area is 165 Å². The molecule has 1 saturated heterocycles. The molecule has 1 heterocycles. The Kier molecular flexibility index (Phi) is 7.39. The number of carbonyl (C=O) groups excluding carboxylic acids is 1. The van der Waals surface area contributed by atoms with E-state index in [-0.39, 0.29) is 24.4 Å². The molecule has 0 spiro atoms. The van der Waals surface area contributed by atoms with Gasteiger partial charge in [-0.2, -0.15) is 0 Å². The SMILES string of the molecule is CC(CN1CCOCC1)N(Cc1ccccc1)C(=O)COc1cccc(F)c1. The number of nitrogens with zero attached hydrogens (tertiary/aromatic N) is 2. The number of hydrogen-bond acceptors (Lipinski definition) is 4. The number of halogens is 1. The fourth-order valence-corrected chi connectivity index (χ4v) is 3.31. The van der Waals surface area contributed by atoms with Crippen molar-refractivity contribution in [2.24, 2.45) is 0 Å². The predicted molar refractivity (Wildman–Crippen MR) is 106 cm³/mol. The van der Waals surface area contributed by atoms with Crippen LogP contribution in [0.15, 0.2) is 54.6 Å². The van der Waals surface area contributed by atoms with Crippen LogP contribution in [-0.4, -0.2) is 61.2 Å². The summed E-state index contributed by atoms with van der Waals surface area (Å²) in [7, 11) is 0. The van der Waals surface area contributed by atoms with Gasteiger partial charge >= 0.3 is 0 Å². The lowest BCUT2D eigenvalue weighted by Gasteiger charge is -2.35. The van der Waals surface area contributed by atoms with Crippen molar-refractivity contribution >= 4 is 5.91 Å². The topological polar surface area (TPSA) is 42.0 Å². The summed E-state index contributed by atoms with van der Waals surface area (Å²) in [6.07, 6.45) is 0. The third-order valence-electron chi connectivity index (χ3n) is 4.83. The van der Waals surface area contributed by atoms with Gasteiger partial charge in [-0.25, -0.2) is 4.39 Å². The van der Waals surface area contributed by atoms with Crippen molar-refractivity contribution < 1.29 is 18.7 Å². The van der Waals surface area contributed by atoms with Gasteiger partial charge in [0.1, 0.15) is 11.6 Å². The van der Waals surface area contributed by atoms with Crippen LogP contribution in [0.4, 0.5) is 4.39 Å². The molecule has 0 bridgehead atoms. The average molecular weight is 386 g/mol. The van der Waals surface area contributed by atoms with Crippen LogP contribution in [0, 0.1) is 5.82 Å². The summed E-state index contributed by atoms with van der Waals surface area (Å²) in [5.41, 5.74) is 1.07. The van der Waals surface area contributed by atoms with Crippen LogP contribution in [0.5, 0.6) is 5.75 Å². The lowest BCUT2D eigenvalue weighted by Crippen LogP contribution is -2.49. The summed E-state index contributed by atoms with van der Waals surface area (Å²) < 4.78 is 24.3. The zero-order chi connectivity index (χ0) is 19.8. The van der Waals surface area contributed by atoms with Crippen molar-refractivity contribution in [2.75, 3.05) is 39.5 Å². The number of rotatable bonds is 8. The summed E-state index contributed by atoms with van der Waals surface area (Å²) in [5.74, 6) is -0.144. The second kappa shape index (κ2) is 10.2. The maximum Gasteiger partial charge on any atom is 0.261 e. The normalized spacial score (nSPS) is 15.8. The van der Waals surface area contributed by atoms with Crippen LogP contribution >= 0.6 is 0 Å². The van der Waals surface area contributed by atoms with Gasteiger partial charge in [0.25, 0.3) is 5.91 Å². The van der Waals surface area contributed by atoms with E-state index in [1.807, 2.05) is 35.2 Å². The van der Waals surface area contributed by atoms with E-state index in [0.29, 0.717) is 12.3 Å². The zero-order valence-electron chi connectivity index (χ0n) is 16.2. The Morgan fingerprint density at radius 2 is 1.93 bits per heavy atom. The molecule has 2 aromatic rings. The van der Waals surface area contributed by atoms with Gasteiger partial charge in [-0.05, 0) is 24.6 Å². The maximum absolute atomic E-state index is 13.3. The quantitative estimate of drug-likeness (QED) is 0.700. The van der Waals surface area contributed by atoms with Crippen molar-refractivity contribution in [2.45, 2.75) is 19.5 Å². The van der Waals surface area contributed by atoms with Crippen molar-refractivity contribution in [3.8, 4) is 5.75 Å². The van der Waals surface area contributed by atoms with E-state index in [0.717, 1.165) is 38.4 Å². The van der Waals surface area contributed by atoms with Crippen molar-refractivity contribution in [3.05, 3.63) is 66.0 Å². The van der Waals surface area contributed by atoms with Gasteiger partial charge in [0, 0.05) is 38.3 Å². The van der Waals surface area contributed by atoms with Gasteiger partial charge < -0.3 is 14.4 Å². The summed E-state index contributed by atoms with van der Waals surface area (Å²) in [6, 6.07) is 15.8. The number of morpholine rings is 1. The Morgan fingerprint density at radius 1 is 1.18 bits per heavy atom. The van der Waals surface area contributed by atoms with Crippen LogP contribution in [0.1, 0.15) is 12.5 Å². The molecular weight excluding hydrogens is 359 g/mol. The minimum atomic E-state index is -0.383. The molecule has 0 radical (unpaired) electrons. The van der Waals surface area contributed by atoms with E-state index in [9.17, 15) is 9.18 Å². The first-order valence-corrected chi connectivity index (χ1v) is 9.63. The van der Waals surface area contributed by atoms with Crippen LogP contribution in [-0.2, 0) is 16.1 Å². The third-order valence-corrected chi connectivity index (χ3v) is 4.83. The standard InChI is InChI=1S/C22H27FN2O3/c1-18(15-24-10-12-27-13-11-24)25(16-19-6-3-2-4-7-19)22(26)17-28-21-9-5-8-20(23)14-21/h2-9,14,18H,10-13,15-17H2,1H3. The molecule has 150 valence electrons. The summed E-state index contributed by atoms with van der Waals surface area (Å²) in [6.45, 7) is 6.42. The molecule has 0 aliphatic carbocycles. The third kappa shape index (κ3) is 6.04. The number of amides is 1. The summed E-state index contributed by atoms with van der Waals surface area (Å²) in [5, 5.41) is 0. The highest BCUT2D eigenvalue weighted by Gasteiger charge is 2.24. The number of ether oxygens (including phenoxy) is 2. The molecule has 28 heavy (non-hydrogen) atoms. The second-order valence-electron chi connectivity index (χ2n) is 7.02. The number of benzene rings is 2. The largest absolute Gasteiger partial charge is 0.484 e. The molecule has 3 rings (SSSR count). The van der Waals surface area contributed by atoms with E-state index >= 15 is 0 Å². The molecule has 1 unspecified atom stereocenters. The molecule has 2 aromatic carbocycles. The highest BCUT2D eigenvalue weighted by Crippen LogP contribution is 2.14. The first-order chi connectivity index (χ1) is 13.6. The molecule has 1 fully saturated rings. The highest BCUT2D eigenvalue weighted by atomic mass is 19.1. The van der Waals surface area contributed by atoms with Crippen LogP contribution in [0.2, 0.25) is 0 Å². The molecule has 0 N–H and O–H groups in total. The van der Waals surface area contributed by atoms with Crippen molar-refractivity contribution in [1.82, 2.24) is 9.80 Å². The molecular formula is C22H27FN2O3. The zero-order valence-corrected chi connectivity index (χ0v) is 16.2. The van der Waals surface area contributed by atoms with Crippen LogP contribution in [0.25, 0.3) is 0 Å². The number of carbonyl (C=O) groups is 1. The molecule has 1 atom stereocenters. The Bertz CT molecular complexity index is 750. The van der Waals surface area contributed by atoms with Gasteiger partial charge in [0.15, 0.2) is 6.61 Å². The first kappa shape index (κ1) is 20.3. The first-order valence-electron chi connectivity index (χ1n) is 9.63. The smallest absolute Gasteiger partial charge is 0.261 e. The molecule has 5 nitrogen and oxygen atoms in total. The van der Waals surface area contributed by atoms with Crippen molar-refractivity contribution in [3.63, 3.8) is 0 Å². The van der Waals surface area contributed by atoms with Crippen LogP contribution < -0.4 is 4.74 Å². The Balaban J connectivity index is 1.65.